The molecule has 0 atom stereocenters. The van der Waals surface area contributed by atoms with Crippen LogP contribution in [0.25, 0.3) is 61.3 Å². The number of hydrogen-bond donors (Lipinski definition) is 0. The Kier molecular flexibility index (Phi) is 9.46. The van der Waals surface area contributed by atoms with Crippen LogP contribution in [0.4, 0.5) is 0 Å². The van der Waals surface area contributed by atoms with Crippen LogP contribution >= 0.6 is 0 Å². The third kappa shape index (κ3) is 8.09. The maximum Gasteiger partial charge on any atom is 3.00 e. The fourth-order valence-corrected chi connectivity index (χ4v) is 6.37. The number of para-hydroxylation sites is 3. The van der Waals surface area contributed by atoms with Gasteiger partial charge >= 0.3 is 20.1 Å². The maximum atomic E-state index is 8.22. The van der Waals surface area contributed by atoms with E-state index in [1.54, 1.807) is 12.3 Å². The predicted octanol–water partition coefficient (Wildman–Crippen LogP) is 11.0. The molecule has 4 aromatic carbocycles. The Hall–Kier alpha value is -5.04. The van der Waals surface area contributed by atoms with Crippen molar-refractivity contribution >= 4 is 33.0 Å². The van der Waals surface area contributed by atoms with Crippen molar-refractivity contribution in [1.82, 2.24) is 24.5 Å². The molecule has 56 heavy (non-hydrogen) atoms. The van der Waals surface area contributed by atoms with Crippen LogP contribution in [0.5, 0.6) is 0 Å². The van der Waals surface area contributed by atoms with E-state index in [1.165, 1.54) is 11.5 Å². The SMILES string of the molecule is [2H]C([2H])(C)[n+]1[c-]n(-c2[c-]ccc(-c3nc(C(C)(C)C)nc(C(C)(C)C)n3)c2)c2ccccc21.[2H]C([2H])([2H])c1cc(-c2[c-]ccc3c2oc2ccccc23)ncc1C(C)(C)C.[Ir+3]. The van der Waals surface area contributed by atoms with Crippen LogP contribution in [0.1, 0.15) is 98.9 Å². The van der Waals surface area contributed by atoms with E-state index >= 15 is 0 Å². The molecule has 7 nitrogen and oxygen atoms in total. The fourth-order valence-electron chi connectivity index (χ4n) is 6.37. The van der Waals surface area contributed by atoms with Crippen LogP contribution in [0.3, 0.4) is 0 Å². The van der Waals surface area contributed by atoms with Gasteiger partial charge in [-0.3, -0.25) is 0 Å². The second-order valence-electron chi connectivity index (χ2n) is 16.8. The van der Waals surface area contributed by atoms with E-state index in [9.17, 15) is 0 Å². The molecule has 0 fully saturated rings. The number of aryl methyl sites for hydroxylation is 2. The van der Waals surface area contributed by atoms with Crippen LogP contribution in [0, 0.1) is 25.3 Å². The summed E-state index contributed by atoms with van der Waals surface area (Å²) in [6.07, 6.45) is 4.84. The van der Waals surface area contributed by atoms with Crippen LogP contribution in [0.2, 0.25) is 0 Å². The molecular weight excluding hydrogens is 869 g/mol. The molecule has 0 aliphatic heterocycles. The van der Waals surface area contributed by atoms with Gasteiger partial charge < -0.3 is 18.5 Å². The minimum atomic E-state index is -2.22. The molecule has 4 heterocycles. The van der Waals surface area contributed by atoms with Crippen molar-refractivity contribution in [2.75, 3.05) is 0 Å². The number of hydrogen-bond acceptors (Lipinski definition) is 5. The zero-order chi connectivity index (χ0) is 43.6. The van der Waals surface area contributed by atoms with Crippen molar-refractivity contribution in [2.24, 2.45) is 0 Å². The summed E-state index contributed by atoms with van der Waals surface area (Å²) in [6.45, 7) is 16.3. The average molecular weight is 924 g/mol. The van der Waals surface area contributed by atoms with E-state index in [0.717, 1.165) is 55.9 Å². The maximum absolute atomic E-state index is 8.22. The van der Waals surface area contributed by atoms with Gasteiger partial charge in [-0.05, 0) is 36.5 Å². The average Bonchev–Trinajstić information content (AvgIpc) is 3.76. The molecule has 0 amide bonds. The molecule has 0 saturated carbocycles. The van der Waals surface area contributed by atoms with Gasteiger partial charge in [0.1, 0.15) is 23.1 Å². The summed E-state index contributed by atoms with van der Waals surface area (Å²) < 4.78 is 49.8. The minimum absolute atomic E-state index is 0. The van der Waals surface area contributed by atoms with E-state index in [2.05, 4.69) is 65.0 Å². The normalized spacial score (nSPS) is 13.9. The Morgan fingerprint density at radius 3 is 2.14 bits per heavy atom. The number of rotatable bonds is 4. The molecule has 0 radical (unpaired) electrons. The summed E-state index contributed by atoms with van der Waals surface area (Å²) in [6, 6.07) is 33.1. The summed E-state index contributed by atoms with van der Waals surface area (Å²) in [7, 11) is 0. The molecule has 8 heteroatoms. The second-order valence-corrected chi connectivity index (χ2v) is 16.8. The largest absolute Gasteiger partial charge is 3.00 e. The number of fused-ring (bicyclic) bond motifs is 4. The van der Waals surface area contributed by atoms with Crippen molar-refractivity contribution < 1.29 is 35.9 Å². The van der Waals surface area contributed by atoms with Gasteiger partial charge in [-0.2, -0.15) is 24.3 Å². The third-order valence-electron chi connectivity index (χ3n) is 9.36. The first-order valence-electron chi connectivity index (χ1n) is 21.0. The standard InChI is InChI=1S/C26H30N5.C22H20NO.Ir/c1-8-30-17-31(21-15-10-9-14-20(21)30)19-13-11-12-18(16-19)22-27-23(25(2,3)4)29-24(28-22)26(5,6)7;1-14-12-19(23-13-18(14)22(2,3)4)17-10-7-9-16-15-8-5-6-11-20(15)24-21(16)17;/h9-12,14-16H,8H2,1-7H3;5-9,11-13H,1-4H3;/q2*-1;+3/i8D2;1D3;. The molecule has 0 unspecified atom stereocenters. The summed E-state index contributed by atoms with van der Waals surface area (Å²) in [5, 5.41) is 1.99. The monoisotopic (exact) mass is 924 g/mol. The summed E-state index contributed by atoms with van der Waals surface area (Å²) in [5.41, 5.74) is 6.17. The van der Waals surface area contributed by atoms with E-state index in [0.29, 0.717) is 28.2 Å². The molecule has 0 bridgehead atoms. The number of furan rings is 1. The molecule has 8 rings (SSSR count). The van der Waals surface area contributed by atoms with Gasteiger partial charge in [0, 0.05) is 26.5 Å². The van der Waals surface area contributed by atoms with E-state index in [-0.39, 0.29) is 36.4 Å². The molecule has 4 aromatic heterocycles. The Balaban J connectivity index is 0.000000204. The number of aromatic nitrogens is 6. The summed E-state index contributed by atoms with van der Waals surface area (Å²) in [5.74, 6) is 2.12. The Labute approximate surface area is 351 Å². The number of pyridine rings is 1. The first-order valence-corrected chi connectivity index (χ1v) is 18.5. The number of benzene rings is 4. The van der Waals surface area contributed by atoms with Crippen molar-refractivity contribution in [3.63, 3.8) is 0 Å². The first kappa shape index (κ1) is 34.2. The molecule has 0 spiro atoms. The van der Waals surface area contributed by atoms with Gasteiger partial charge in [-0.25, -0.2) is 15.0 Å². The van der Waals surface area contributed by atoms with Crippen molar-refractivity contribution in [1.29, 1.82) is 0 Å². The van der Waals surface area contributed by atoms with Gasteiger partial charge in [0.25, 0.3) is 0 Å². The van der Waals surface area contributed by atoms with Gasteiger partial charge in [-0.1, -0.05) is 139 Å². The smallest absolute Gasteiger partial charge is 0.501 e. The minimum Gasteiger partial charge on any atom is -0.501 e. The third-order valence-corrected chi connectivity index (χ3v) is 9.36. The fraction of sp³-hybridized carbons (Fsp3) is 0.312. The summed E-state index contributed by atoms with van der Waals surface area (Å²) >= 11 is 0. The van der Waals surface area contributed by atoms with Crippen molar-refractivity contribution in [3.05, 3.63) is 132 Å². The molecule has 0 saturated heterocycles. The Bertz CT molecular complexity index is 2840. The predicted molar refractivity (Wildman–Crippen MR) is 222 cm³/mol. The molecule has 0 N–H and O–H groups in total. The van der Waals surface area contributed by atoms with E-state index < -0.39 is 13.3 Å². The zero-order valence-electron chi connectivity index (χ0n) is 38.6. The van der Waals surface area contributed by atoms with Gasteiger partial charge in [0.05, 0.1) is 25.9 Å². The molecule has 8 aromatic rings. The van der Waals surface area contributed by atoms with Gasteiger partial charge in [0.15, 0.2) is 0 Å². The molecule has 286 valence electrons. The van der Waals surface area contributed by atoms with Gasteiger partial charge in [0.2, 0.25) is 6.33 Å². The van der Waals surface area contributed by atoms with Crippen LogP contribution in [-0.2, 0) is 42.8 Å². The van der Waals surface area contributed by atoms with Crippen LogP contribution < -0.4 is 4.57 Å². The molecular formula is C48H50IrN6O+. The van der Waals surface area contributed by atoms with Crippen LogP contribution in [0.15, 0.2) is 95.5 Å². The van der Waals surface area contributed by atoms with Crippen molar-refractivity contribution in [3.8, 4) is 28.3 Å². The molecule has 0 aliphatic carbocycles. The Morgan fingerprint density at radius 1 is 0.786 bits per heavy atom. The van der Waals surface area contributed by atoms with Gasteiger partial charge in [-0.15, -0.1) is 18.2 Å². The van der Waals surface area contributed by atoms with E-state index in [4.69, 9.17) is 26.2 Å². The quantitative estimate of drug-likeness (QED) is 0.130. The van der Waals surface area contributed by atoms with Crippen molar-refractivity contribution in [2.45, 2.75) is 98.8 Å². The van der Waals surface area contributed by atoms with Crippen LogP contribution in [-0.4, -0.2) is 24.5 Å². The molecule has 0 aliphatic rings. The zero-order valence-corrected chi connectivity index (χ0v) is 36.0. The number of imidazole rings is 1. The van der Waals surface area contributed by atoms with E-state index in [1.807, 2.05) is 104 Å². The summed E-state index contributed by atoms with van der Waals surface area (Å²) in [4.78, 5) is 19.0. The first-order chi connectivity index (χ1) is 27.9. The number of nitrogens with zero attached hydrogens (tertiary/aromatic N) is 6. The Morgan fingerprint density at radius 2 is 1.46 bits per heavy atom. The second kappa shape index (κ2) is 15.5. The topological polar surface area (TPSA) is 73.5 Å².